The number of ether oxygens (including phenoxy) is 1. The van der Waals surface area contributed by atoms with Gasteiger partial charge in [0.15, 0.2) is 0 Å². The summed E-state index contributed by atoms with van der Waals surface area (Å²) < 4.78 is 89.1. The van der Waals surface area contributed by atoms with E-state index >= 15 is 0 Å². The van der Waals surface area contributed by atoms with E-state index in [0.29, 0.717) is 34.5 Å². The molecule has 0 spiro atoms. The number of carbonyl (C=O) groups is 1. The third-order valence-electron chi connectivity index (χ3n) is 7.32. The molecular formula is C33H18ClF4N3O4S2. The minimum atomic E-state index is -4.80. The van der Waals surface area contributed by atoms with Gasteiger partial charge in [-0.05, 0) is 65.5 Å². The summed E-state index contributed by atoms with van der Waals surface area (Å²) in [6.45, 7) is 0. The van der Waals surface area contributed by atoms with Crippen LogP contribution in [0.1, 0.15) is 20.9 Å². The molecule has 6 rings (SSSR count). The molecule has 3 aromatic heterocycles. The van der Waals surface area contributed by atoms with Gasteiger partial charge in [0.25, 0.3) is 10.0 Å². The molecule has 7 nitrogen and oxygen atoms in total. The zero-order valence-electron chi connectivity index (χ0n) is 23.8. The van der Waals surface area contributed by atoms with Crippen LogP contribution in [-0.2, 0) is 20.9 Å². The van der Waals surface area contributed by atoms with Crippen LogP contribution in [0, 0.1) is 17.1 Å². The van der Waals surface area contributed by atoms with Crippen molar-refractivity contribution in [2.45, 2.75) is 11.1 Å². The first-order chi connectivity index (χ1) is 22.3. The summed E-state index contributed by atoms with van der Waals surface area (Å²) in [6.07, 6.45) is -4.19. The first kappa shape index (κ1) is 31.9. The zero-order valence-corrected chi connectivity index (χ0v) is 26.2. The number of hydrogen-bond donors (Lipinski definition) is 0. The molecule has 0 N–H and O–H groups in total. The van der Waals surface area contributed by atoms with Gasteiger partial charge in [-0.1, -0.05) is 35.9 Å². The Kier molecular flexibility index (Phi) is 8.13. The largest absolute Gasteiger partial charge is 0.465 e. The number of fused-ring (bicyclic) bond motifs is 1. The lowest BCUT2D eigenvalue weighted by molar-refractivity contribution is -0.141. The fraction of sp³-hybridized carbons (Fsp3) is 0.0606. The normalized spacial score (nSPS) is 11.9. The molecule has 0 bridgehead atoms. The van der Waals surface area contributed by atoms with E-state index in [1.807, 2.05) is 0 Å². The number of hydrogen-bond acceptors (Lipinski definition) is 7. The Balaban J connectivity index is 1.68. The fourth-order valence-corrected chi connectivity index (χ4v) is 7.72. The number of pyridine rings is 1. The summed E-state index contributed by atoms with van der Waals surface area (Å²) in [5.74, 6) is -1.28. The smallest absolute Gasteiger partial charge is 0.433 e. The highest BCUT2D eigenvalue weighted by Gasteiger charge is 2.34. The molecule has 3 aromatic carbocycles. The molecule has 0 aliphatic rings. The molecular weight excluding hydrogens is 678 g/mol. The van der Waals surface area contributed by atoms with Crippen LogP contribution < -0.4 is 0 Å². The minimum Gasteiger partial charge on any atom is -0.465 e. The van der Waals surface area contributed by atoms with E-state index in [0.717, 1.165) is 33.5 Å². The number of methoxy groups -OCH3 is 1. The van der Waals surface area contributed by atoms with Crippen LogP contribution in [0.25, 0.3) is 44.4 Å². The molecule has 0 fully saturated rings. The molecule has 0 radical (unpaired) electrons. The molecule has 0 aliphatic heterocycles. The Morgan fingerprint density at radius 3 is 2.43 bits per heavy atom. The highest BCUT2D eigenvalue weighted by molar-refractivity contribution is 7.90. The maximum absolute atomic E-state index is 14.8. The number of benzene rings is 3. The molecule has 0 saturated heterocycles. The van der Waals surface area contributed by atoms with Gasteiger partial charge in [0.05, 0.1) is 23.9 Å². The lowest BCUT2D eigenvalue weighted by atomic mass is 9.96. The first-order valence-electron chi connectivity index (χ1n) is 13.4. The van der Waals surface area contributed by atoms with E-state index in [4.69, 9.17) is 16.3 Å². The van der Waals surface area contributed by atoms with Gasteiger partial charge in [-0.25, -0.2) is 21.6 Å². The number of esters is 1. The van der Waals surface area contributed by atoms with Crippen LogP contribution in [-0.4, -0.2) is 30.5 Å². The molecule has 3 heterocycles. The molecule has 0 aliphatic carbocycles. The van der Waals surface area contributed by atoms with Crippen LogP contribution in [0.15, 0.2) is 95.3 Å². The van der Waals surface area contributed by atoms with Gasteiger partial charge in [0.1, 0.15) is 27.4 Å². The molecule has 236 valence electrons. The van der Waals surface area contributed by atoms with Crippen molar-refractivity contribution in [2.24, 2.45) is 0 Å². The van der Waals surface area contributed by atoms with E-state index in [1.165, 1.54) is 25.3 Å². The van der Waals surface area contributed by atoms with Gasteiger partial charge < -0.3 is 4.74 Å². The number of nitriles is 1. The number of rotatable bonds is 6. The maximum Gasteiger partial charge on any atom is 0.433 e. The zero-order chi connectivity index (χ0) is 33.7. The summed E-state index contributed by atoms with van der Waals surface area (Å²) in [5, 5.41) is 11.9. The number of thiophene rings is 1. The van der Waals surface area contributed by atoms with Crippen LogP contribution in [0.2, 0.25) is 5.02 Å². The summed E-state index contributed by atoms with van der Waals surface area (Å²) in [5.41, 5.74) is 0.786. The summed E-state index contributed by atoms with van der Waals surface area (Å²) in [7, 11) is -3.47. The lowest BCUT2D eigenvalue weighted by Gasteiger charge is -2.15. The van der Waals surface area contributed by atoms with Crippen LogP contribution >= 0.6 is 22.9 Å². The Bertz CT molecular complexity index is 2360. The van der Waals surface area contributed by atoms with E-state index in [2.05, 4.69) is 11.1 Å². The fourth-order valence-electron chi connectivity index (χ4n) is 5.25. The molecule has 14 heteroatoms. The Morgan fingerprint density at radius 2 is 1.77 bits per heavy atom. The summed E-state index contributed by atoms with van der Waals surface area (Å²) >= 11 is 7.65. The van der Waals surface area contributed by atoms with E-state index in [9.17, 15) is 36.0 Å². The Morgan fingerprint density at radius 1 is 1.00 bits per heavy atom. The Hall–Kier alpha value is -5.03. The van der Waals surface area contributed by atoms with Crippen molar-refractivity contribution in [1.82, 2.24) is 8.96 Å². The first-order valence-corrected chi connectivity index (χ1v) is 16.1. The minimum absolute atomic E-state index is 0.0113. The molecule has 0 unspecified atom stereocenters. The van der Waals surface area contributed by atoms with Gasteiger partial charge in [-0.3, -0.25) is 4.98 Å². The molecule has 0 amide bonds. The highest BCUT2D eigenvalue weighted by atomic mass is 35.5. The number of carbonyl (C=O) groups excluding carboxylic acids is 1. The Labute approximate surface area is 273 Å². The molecule has 47 heavy (non-hydrogen) atoms. The van der Waals surface area contributed by atoms with Crippen LogP contribution in [0.4, 0.5) is 17.6 Å². The number of halogens is 5. The standard InChI is InChI=1S/C33H18ClF4N3O4S2/c1-45-32(42)20-5-8-23(26(34)14-20)18-3-2-4-19(13-18)31-30(24-11-12-46-28(24)16-39)25-15-21(35)6-9-27(25)41(31)47(43,44)22-7-10-29(40-17-22)33(36,37)38/h2-15,17H,1H3. The number of aromatic nitrogens is 2. The molecule has 0 atom stereocenters. The predicted molar refractivity (Wildman–Crippen MR) is 169 cm³/mol. The topological polar surface area (TPSA) is 102 Å². The van der Waals surface area contributed by atoms with Gasteiger partial charge in [0.2, 0.25) is 0 Å². The van der Waals surface area contributed by atoms with E-state index in [-0.39, 0.29) is 37.6 Å². The summed E-state index contributed by atoms with van der Waals surface area (Å²) in [6, 6.07) is 19.6. The second-order valence-electron chi connectivity index (χ2n) is 10.1. The highest BCUT2D eigenvalue weighted by Crippen LogP contribution is 2.46. The number of nitrogens with zero attached hydrogens (tertiary/aromatic N) is 3. The molecule has 6 aromatic rings. The lowest BCUT2D eigenvalue weighted by Crippen LogP contribution is -2.16. The van der Waals surface area contributed by atoms with Crippen LogP contribution in [0.5, 0.6) is 0 Å². The van der Waals surface area contributed by atoms with Crippen LogP contribution in [0.3, 0.4) is 0 Å². The van der Waals surface area contributed by atoms with Crippen molar-refractivity contribution >= 4 is 49.8 Å². The average molecular weight is 696 g/mol. The van der Waals surface area contributed by atoms with Crippen molar-refractivity contribution in [1.29, 1.82) is 5.26 Å². The SMILES string of the molecule is COC(=O)c1ccc(-c2cccc(-c3c(-c4ccsc4C#N)c4cc(F)ccc4n3S(=O)(=O)c3ccc(C(F)(F)F)nc3)c2)c(Cl)c1. The van der Waals surface area contributed by atoms with Gasteiger partial charge in [0, 0.05) is 38.9 Å². The van der Waals surface area contributed by atoms with Crippen molar-refractivity contribution in [3.63, 3.8) is 0 Å². The molecule has 0 saturated carbocycles. The maximum atomic E-state index is 14.8. The average Bonchev–Trinajstić information content (AvgIpc) is 3.66. The third-order valence-corrected chi connectivity index (χ3v) is 10.2. The van der Waals surface area contributed by atoms with E-state index in [1.54, 1.807) is 41.8 Å². The second kappa shape index (κ2) is 12.0. The van der Waals surface area contributed by atoms with Gasteiger partial charge in [-0.15, -0.1) is 11.3 Å². The van der Waals surface area contributed by atoms with Crippen molar-refractivity contribution in [3.8, 4) is 39.6 Å². The van der Waals surface area contributed by atoms with E-state index < -0.39 is 38.6 Å². The van der Waals surface area contributed by atoms with Gasteiger partial charge in [-0.2, -0.15) is 18.4 Å². The monoisotopic (exact) mass is 695 g/mol. The second-order valence-corrected chi connectivity index (χ2v) is 13.2. The summed E-state index contributed by atoms with van der Waals surface area (Å²) in [4.78, 5) is 15.0. The van der Waals surface area contributed by atoms with Crippen molar-refractivity contribution in [3.05, 3.63) is 117 Å². The van der Waals surface area contributed by atoms with Crippen molar-refractivity contribution < 1.29 is 35.5 Å². The third kappa shape index (κ3) is 5.65. The van der Waals surface area contributed by atoms with Crippen molar-refractivity contribution in [2.75, 3.05) is 7.11 Å². The number of alkyl halides is 3. The quantitative estimate of drug-likeness (QED) is 0.128. The van der Waals surface area contributed by atoms with Gasteiger partial charge >= 0.3 is 12.1 Å². The predicted octanol–water partition coefficient (Wildman–Crippen LogP) is 8.81.